The van der Waals surface area contributed by atoms with Crippen LogP contribution in [0.1, 0.15) is 19.8 Å². The third-order valence-electron chi connectivity index (χ3n) is 1.03. The van der Waals surface area contributed by atoms with E-state index in [0.29, 0.717) is 6.42 Å². The Kier molecular flexibility index (Phi) is 4.39. The van der Waals surface area contributed by atoms with Crippen molar-refractivity contribution in [2.45, 2.75) is 25.8 Å². The molecule has 0 saturated heterocycles. The quantitative estimate of drug-likeness (QED) is 0.416. The predicted molar refractivity (Wildman–Crippen MR) is 32.4 cm³/mol. The van der Waals surface area contributed by atoms with E-state index in [1.54, 1.807) is 0 Å². The molecule has 0 aliphatic carbocycles. The van der Waals surface area contributed by atoms with Crippen molar-refractivity contribution < 1.29 is 4.79 Å². The molecule has 0 amide bonds. The molecule has 0 aromatic rings. The lowest BCUT2D eigenvalue weighted by atomic mass is 10.2. The van der Waals surface area contributed by atoms with Gasteiger partial charge in [0, 0.05) is 0 Å². The third-order valence-corrected chi connectivity index (χ3v) is 1.03. The van der Waals surface area contributed by atoms with Crippen LogP contribution in [0.25, 0.3) is 0 Å². The first-order valence-electron chi connectivity index (χ1n) is 2.79. The average Bonchev–Trinajstić information content (AvgIpc) is 1.88. The van der Waals surface area contributed by atoms with E-state index in [4.69, 9.17) is 5.26 Å². The van der Waals surface area contributed by atoms with Gasteiger partial charge in [0.2, 0.25) is 6.08 Å². The Labute approximate surface area is 54.0 Å². The van der Waals surface area contributed by atoms with E-state index in [9.17, 15) is 4.79 Å². The summed E-state index contributed by atoms with van der Waals surface area (Å²) in [5.74, 6) is 0. The highest BCUT2D eigenvalue weighted by molar-refractivity contribution is 5.33. The maximum atomic E-state index is 9.65. The van der Waals surface area contributed by atoms with Crippen LogP contribution in [-0.2, 0) is 4.79 Å². The molecule has 0 bridgehead atoms. The topological polar surface area (TPSA) is 53.2 Å². The van der Waals surface area contributed by atoms with Gasteiger partial charge in [-0.2, -0.15) is 5.26 Å². The summed E-state index contributed by atoms with van der Waals surface area (Å²) in [6, 6.07) is 1.79. The molecule has 3 nitrogen and oxygen atoms in total. The molecule has 0 rings (SSSR count). The van der Waals surface area contributed by atoms with E-state index >= 15 is 0 Å². The van der Waals surface area contributed by atoms with Crippen LogP contribution in [0.2, 0.25) is 0 Å². The minimum absolute atomic E-state index is 0.146. The summed E-state index contributed by atoms with van der Waals surface area (Å²) in [5.41, 5.74) is 0. The normalized spacial score (nSPS) is 11.1. The van der Waals surface area contributed by atoms with Crippen LogP contribution in [0.15, 0.2) is 4.99 Å². The summed E-state index contributed by atoms with van der Waals surface area (Å²) in [7, 11) is 0. The monoisotopic (exact) mass is 124 g/mol. The lowest BCUT2D eigenvalue weighted by molar-refractivity contribution is 0.554. The molecule has 0 heterocycles. The largest absolute Gasteiger partial charge is 0.235 e. The Balaban J connectivity index is 3.71. The highest BCUT2D eigenvalue weighted by atomic mass is 16.1. The highest BCUT2D eigenvalue weighted by Gasteiger charge is 2.00. The standard InChI is InChI=1S/C6H8N2O/c1-2-6(3-4-7)8-5-9/h6H,2-3H2,1H3. The van der Waals surface area contributed by atoms with Crippen LogP contribution >= 0.6 is 0 Å². The fourth-order valence-corrected chi connectivity index (χ4v) is 0.461. The van der Waals surface area contributed by atoms with Gasteiger partial charge in [-0.05, 0) is 6.42 Å². The Morgan fingerprint density at radius 1 is 1.78 bits per heavy atom. The van der Waals surface area contributed by atoms with Crippen LogP contribution < -0.4 is 0 Å². The van der Waals surface area contributed by atoms with Crippen LogP contribution in [0.4, 0.5) is 0 Å². The average molecular weight is 124 g/mol. The molecule has 9 heavy (non-hydrogen) atoms. The van der Waals surface area contributed by atoms with E-state index in [2.05, 4.69) is 4.99 Å². The van der Waals surface area contributed by atoms with Crippen molar-refractivity contribution in [2.24, 2.45) is 4.99 Å². The van der Waals surface area contributed by atoms with Crippen molar-refractivity contribution in [3.63, 3.8) is 0 Å². The van der Waals surface area contributed by atoms with Gasteiger partial charge in [0.15, 0.2) is 0 Å². The molecule has 1 atom stereocenters. The van der Waals surface area contributed by atoms with Crippen molar-refractivity contribution in [3.05, 3.63) is 0 Å². The molecule has 0 saturated carbocycles. The van der Waals surface area contributed by atoms with Crippen molar-refractivity contribution in [3.8, 4) is 6.07 Å². The Morgan fingerprint density at radius 3 is 2.78 bits per heavy atom. The maximum absolute atomic E-state index is 9.65. The molecule has 48 valence electrons. The first-order valence-corrected chi connectivity index (χ1v) is 2.79. The van der Waals surface area contributed by atoms with Crippen LogP contribution in [0.5, 0.6) is 0 Å². The Morgan fingerprint density at radius 2 is 2.44 bits per heavy atom. The van der Waals surface area contributed by atoms with E-state index in [1.807, 2.05) is 13.0 Å². The van der Waals surface area contributed by atoms with Gasteiger partial charge in [-0.1, -0.05) is 6.92 Å². The molecular weight excluding hydrogens is 116 g/mol. The van der Waals surface area contributed by atoms with Gasteiger partial charge in [0.05, 0.1) is 18.5 Å². The van der Waals surface area contributed by atoms with Crippen LogP contribution in [0, 0.1) is 11.3 Å². The first-order chi connectivity index (χ1) is 4.35. The van der Waals surface area contributed by atoms with Gasteiger partial charge in [0.1, 0.15) is 0 Å². The smallest absolute Gasteiger partial charge is 0.211 e. The zero-order chi connectivity index (χ0) is 7.11. The second-order valence-electron chi connectivity index (χ2n) is 1.64. The van der Waals surface area contributed by atoms with Crippen molar-refractivity contribution in [1.82, 2.24) is 0 Å². The van der Waals surface area contributed by atoms with E-state index < -0.39 is 0 Å². The van der Waals surface area contributed by atoms with E-state index in [-0.39, 0.29) is 6.04 Å². The van der Waals surface area contributed by atoms with E-state index in [0.717, 1.165) is 6.42 Å². The molecule has 0 N–H and O–H groups in total. The molecule has 0 spiro atoms. The number of rotatable bonds is 3. The lowest BCUT2D eigenvalue weighted by Gasteiger charge is -1.97. The Hall–Kier alpha value is -1.13. The SMILES string of the molecule is CCC(CC#N)N=C=O. The van der Waals surface area contributed by atoms with Crippen molar-refractivity contribution in [1.29, 1.82) is 5.26 Å². The van der Waals surface area contributed by atoms with Gasteiger partial charge >= 0.3 is 0 Å². The zero-order valence-electron chi connectivity index (χ0n) is 5.29. The third kappa shape index (κ3) is 3.45. The minimum atomic E-state index is -0.146. The molecule has 0 aromatic carbocycles. The van der Waals surface area contributed by atoms with Gasteiger partial charge < -0.3 is 0 Å². The number of carbonyl (C=O) groups excluding carboxylic acids is 1. The second-order valence-corrected chi connectivity index (χ2v) is 1.64. The summed E-state index contributed by atoms with van der Waals surface area (Å²) in [4.78, 5) is 13.1. The molecule has 1 unspecified atom stereocenters. The molecule has 0 aromatic heterocycles. The van der Waals surface area contributed by atoms with Crippen molar-refractivity contribution >= 4 is 6.08 Å². The fourth-order valence-electron chi connectivity index (χ4n) is 0.461. The highest BCUT2D eigenvalue weighted by Crippen LogP contribution is 1.99. The number of hydrogen-bond donors (Lipinski definition) is 0. The van der Waals surface area contributed by atoms with E-state index in [1.165, 1.54) is 6.08 Å². The molecule has 3 heteroatoms. The van der Waals surface area contributed by atoms with Gasteiger partial charge in [-0.3, -0.25) is 0 Å². The predicted octanol–water partition coefficient (Wildman–Crippen LogP) is 1.01. The zero-order valence-corrected chi connectivity index (χ0v) is 5.29. The van der Waals surface area contributed by atoms with Gasteiger partial charge in [0.25, 0.3) is 0 Å². The Bertz CT molecular complexity index is 153. The summed E-state index contributed by atoms with van der Waals surface area (Å²) < 4.78 is 0. The van der Waals surface area contributed by atoms with Gasteiger partial charge in [-0.25, -0.2) is 9.79 Å². The molecule has 0 fully saturated rings. The summed E-state index contributed by atoms with van der Waals surface area (Å²) in [6.45, 7) is 1.88. The molecule has 0 radical (unpaired) electrons. The number of nitrogens with zero attached hydrogens (tertiary/aromatic N) is 2. The lowest BCUT2D eigenvalue weighted by Crippen LogP contribution is -1.99. The van der Waals surface area contributed by atoms with Crippen LogP contribution in [-0.4, -0.2) is 12.1 Å². The molecule has 0 aliphatic heterocycles. The first kappa shape index (κ1) is 7.87. The number of aliphatic imine (C=N–C) groups is 1. The summed E-state index contributed by atoms with van der Waals surface area (Å²) in [5, 5.41) is 8.15. The molecule has 0 aliphatic rings. The van der Waals surface area contributed by atoms with Crippen molar-refractivity contribution in [2.75, 3.05) is 0 Å². The summed E-state index contributed by atoms with van der Waals surface area (Å²) in [6.07, 6.45) is 2.46. The fraction of sp³-hybridized carbons (Fsp3) is 0.667. The number of nitriles is 1. The molecular formula is C6H8N2O. The number of isocyanates is 1. The number of hydrogen-bond acceptors (Lipinski definition) is 3. The second kappa shape index (κ2) is 5.02. The maximum Gasteiger partial charge on any atom is 0.235 e. The van der Waals surface area contributed by atoms with Crippen LogP contribution in [0.3, 0.4) is 0 Å². The van der Waals surface area contributed by atoms with Gasteiger partial charge in [-0.15, -0.1) is 0 Å². The summed E-state index contributed by atoms with van der Waals surface area (Å²) >= 11 is 0. The minimum Gasteiger partial charge on any atom is -0.211 e.